The number of hydrogen-bond acceptors (Lipinski definition) is 5. The maximum atomic E-state index is 12.1. The average Bonchev–Trinajstić information content (AvgIpc) is 3.15. The summed E-state index contributed by atoms with van der Waals surface area (Å²) in [4.78, 5) is 30.7. The lowest BCUT2D eigenvalue weighted by Crippen LogP contribution is -2.29. The predicted octanol–water partition coefficient (Wildman–Crippen LogP) is 3.93. The van der Waals surface area contributed by atoms with E-state index in [0.29, 0.717) is 11.2 Å². The smallest absolute Gasteiger partial charge is 0.329 e. The van der Waals surface area contributed by atoms with Gasteiger partial charge in [0.25, 0.3) is 5.56 Å². The van der Waals surface area contributed by atoms with Crippen molar-refractivity contribution < 1.29 is 5.11 Å². The van der Waals surface area contributed by atoms with Gasteiger partial charge in [0.1, 0.15) is 5.82 Å². The van der Waals surface area contributed by atoms with Crippen LogP contribution in [0.1, 0.15) is 103 Å². The number of nitrogens with one attached hydrogen (secondary N) is 2. The third-order valence-electron chi connectivity index (χ3n) is 6.75. The summed E-state index contributed by atoms with van der Waals surface area (Å²) in [6, 6.07) is 0. The van der Waals surface area contributed by atoms with Crippen molar-refractivity contribution in [2.45, 2.75) is 109 Å². The summed E-state index contributed by atoms with van der Waals surface area (Å²) in [5.41, 5.74) is 0.110. The van der Waals surface area contributed by atoms with Gasteiger partial charge in [-0.25, -0.2) is 9.78 Å². The number of aromatic nitrogens is 4. The molecule has 194 valence electrons. The molecule has 3 N–H and O–H groups in total. The van der Waals surface area contributed by atoms with Crippen LogP contribution in [0.3, 0.4) is 0 Å². The number of H-pyrrole nitrogens is 1. The molecule has 34 heavy (non-hydrogen) atoms. The molecule has 2 aromatic rings. The van der Waals surface area contributed by atoms with Crippen molar-refractivity contribution in [1.29, 1.82) is 0 Å². The Hall–Kier alpha value is -1.93. The lowest BCUT2D eigenvalue weighted by molar-refractivity contribution is 0.158. The zero-order valence-corrected chi connectivity index (χ0v) is 21.7. The van der Waals surface area contributed by atoms with Crippen molar-refractivity contribution in [2.75, 3.05) is 13.1 Å². The number of unbranched alkanes of at least 4 members (excludes halogenated alkanes) is 11. The van der Waals surface area contributed by atoms with Crippen LogP contribution in [-0.4, -0.2) is 43.4 Å². The number of aromatic amines is 1. The van der Waals surface area contributed by atoms with E-state index < -0.39 is 5.69 Å². The van der Waals surface area contributed by atoms with Gasteiger partial charge in [-0.15, -0.1) is 0 Å². The van der Waals surface area contributed by atoms with Gasteiger partial charge in [-0.3, -0.25) is 14.3 Å². The van der Waals surface area contributed by atoms with Crippen molar-refractivity contribution in [1.82, 2.24) is 24.4 Å². The molecular formula is C26H47N5O3. The molecule has 0 saturated heterocycles. The van der Waals surface area contributed by atoms with Gasteiger partial charge >= 0.3 is 5.69 Å². The van der Waals surface area contributed by atoms with Gasteiger partial charge in [-0.1, -0.05) is 77.6 Å². The molecule has 0 fully saturated rings. The van der Waals surface area contributed by atoms with Crippen LogP contribution in [0, 0.1) is 0 Å². The van der Waals surface area contributed by atoms with Gasteiger partial charge in [-0.2, -0.15) is 0 Å². The highest BCUT2D eigenvalue weighted by atomic mass is 16.3. The quantitative estimate of drug-likeness (QED) is 0.266. The molecule has 0 amide bonds. The third kappa shape index (κ3) is 9.37. The first kappa shape index (κ1) is 28.3. The minimum absolute atomic E-state index is 0.203. The molecule has 0 saturated carbocycles. The summed E-state index contributed by atoms with van der Waals surface area (Å²) in [6.45, 7) is 3.94. The minimum Gasteiger partial charge on any atom is -0.392 e. The van der Waals surface area contributed by atoms with Crippen molar-refractivity contribution in [3.05, 3.63) is 26.7 Å². The number of hydrogen-bond donors (Lipinski definition) is 3. The highest BCUT2D eigenvalue weighted by Gasteiger charge is 2.14. The fourth-order valence-electron chi connectivity index (χ4n) is 4.52. The molecule has 0 aliphatic carbocycles. The molecule has 0 bridgehead atoms. The third-order valence-corrected chi connectivity index (χ3v) is 6.75. The Balaban J connectivity index is 1.47. The molecular weight excluding hydrogens is 430 g/mol. The van der Waals surface area contributed by atoms with Crippen molar-refractivity contribution in [3.63, 3.8) is 0 Å². The second-order valence-corrected chi connectivity index (χ2v) is 9.72. The van der Waals surface area contributed by atoms with E-state index in [4.69, 9.17) is 0 Å². The normalized spacial score (nSPS) is 12.6. The minimum atomic E-state index is -0.429. The standard InChI is InChI=1S/C26H47N5O3/c1-4-5-6-7-11-14-17-21(32)20-27-19-16-13-10-8-9-12-15-18-22-28-24-23(30(22)2)25(33)29-26(34)31(24)3/h21,27,32H,4-20H2,1-3H3,(H,29,33,34). The zero-order chi connectivity index (χ0) is 24.8. The Morgan fingerprint density at radius 1 is 0.882 bits per heavy atom. The summed E-state index contributed by atoms with van der Waals surface area (Å²) in [7, 11) is 3.47. The molecule has 8 heteroatoms. The molecule has 0 aromatic carbocycles. The van der Waals surface area contributed by atoms with Crippen LogP contribution < -0.4 is 16.6 Å². The van der Waals surface area contributed by atoms with Crippen LogP contribution in [0.25, 0.3) is 11.2 Å². The van der Waals surface area contributed by atoms with E-state index in [1.165, 1.54) is 62.4 Å². The Morgan fingerprint density at radius 2 is 1.50 bits per heavy atom. The maximum Gasteiger partial charge on any atom is 0.329 e. The molecule has 2 aromatic heterocycles. The molecule has 0 aliphatic heterocycles. The van der Waals surface area contributed by atoms with E-state index in [-0.39, 0.29) is 11.7 Å². The largest absolute Gasteiger partial charge is 0.392 e. The Labute approximate surface area is 204 Å². The lowest BCUT2D eigenvalue weighted by Gasteiger charge is -2.11. The van der Waals surface area contributed by atoms with E-state index >= 15 is 0 Å². The number of aliphatic hydroxyl groups excluding tert-OH is 1. The van der Waals surface area contributed by atoms with Crippen molar-refractivity contribution >= 4 is 11.2 Å². The molecule has 0 radical (unpaired) electrons. The lowest BCUT2D eigenvalue weighted by atomic mass is 10.1. The monoisotopic (exact) mass is 477 g/mol. The molecule has 1 atom stereocenters. The van der Waals surface area contributed by atoms with Crippen molar-refractivity contribution in [2.24, 2.45) is 14.1 Å². The molecule has 0 spiro atoms. The van der Waals surface area contributed by atoms with Gasteiger partial charge in [0.2, 0.25) is 0 Å². The van der Waals surface area contributed by atoms with Crippen LogP contribution >= 0.6 is 0 Å². The fourth-order valence-corrected chi connectivity index (χ4v) is 4.52. The zero-order valence-electron chi connectivity index (χ0n) is 21.7. The number of aryl methyl sites for hydroxylation is 3. The van der Waals surface area contributed by atoms with Gasteiger partial charge in [0.15, 0.2) is 11.2 Å². The summed E-state index contributed by atoms with van der Waals surface area (Å²) < 4.78 is 3.20. The van der Waals surface area contributed by atoms with Crippen LogP contribution in [-0.2, 0) is 20.5 Å². The molecule has 2 heterocycles. The summed E-state index contributed by atoms with van der Waals surface area (Å²) >= 11 is 0. The Kier molecular flexibility index (Phi) is 13.2. The van der Waals surface area contributed by atoms with E-state index in [1.807, 2.05) is 11.6 Å². The highest BCUT2D eigenvalue weighted by Crippen LogP contribution is 2.13. The number of fused-ring (bicyclic) bond motifs is 1. The summed E-state index contributed by atoms with van der Waals surface area (Å²) in [5, 5.41) is 13.5. The Bertz CT molecular complexity index is 946. The summed E-state index contributed by atoms with van der Waals surface area (Å²) in [6.07, 6.45) is 17.4. The van der Waals surface area contributed by atoms with Crippen LogP contribution in [0.15, 0.2) is 9.59 Å². The van der Waals surface area contributed by atoms with Crippen LogP contribution in [0.2, 0.25) is 0 Å². The SMILES string of the molecule is CCCCCCCCC(O)CNCCCCCCCCCc1nc2c(c(=O)[nH]c(=O)n2C)n1C. The first-order valence-corrected chi connectivity index (χ1v) is 13.5. The van der Waals surface area contributed by atoms with E-state index in [1.54, 1.807) is 7.05 Å². The molecule has 8 nitrogen and oxygen atoms in total. The second-order valence-electron chi connectivity index (χ2n) is 9.72. The van der Waals surface area contributed by atoms with Crippen LogP contribution in [0.5, 0.6) is 0 Å². The van der Waals surface area contributed by atoms with Gasteiger partial charge in [0.05, 0.1) is 6.10 Å². The van der Waals surface area contributed by atoms with E-state index in [0.717, 1.165) is 57.4 Å². The highest BCUT2D eigenvalue weighted by molar-refractivity contribution is 5.70. The van der Waals surface area contributed by atoms with Crippen molar-refractivity contribution in [3.8, 4) is 0 Å². The summed E-state index contributed by atoms with van der Waals surface area (Å²) in [5.74, 6) is 0.853. The van der Waals surface area contributed by atoms with Gasteiger partial charge < -0.3 is 15.0 Å². The first-order chi connectivity index (χ1) is 16.5. The second kappa shape index (κ2) is 15.9. The molecule has 0 aliphatic rings. The first-order valence-electron chi connectivity index (χ1n) is 13.5. The fraction of sp³-hybridized carbons (Fsp3) is 0.808. The number of aliphatic hydroxyl groups is 1. The number of nitrogens with zero attached hydrogens (tertiary/aromatic N) is 3. The predicted molar refractivity (Wildman–Crippen MR) is 139 cm³/mol. The topological polar surface area (TPSA) is 105 Å². The molecule has 1 unspecified atom stereocenters. The number of rotatable bonds is 19. The Morgan fingerprint density at radius 3 is 2.21 bits per heavy atom. The molecule has 2 rings (SSSR count). The van der Waals surface area contributed by atoms with Gasteiger partial charge in [0, 0.05) is 27.1 Å². The van der Waals surface area contributed by atoms with E-state index in [9.17, 15) is 14.7 Å². The van der Waals surface area contributed by atoms with Crippen LogP contribution in [0.4, 0.5) is 0 Å². The van der Waals surface area contributed by atoms with E-state index in [2.05, 4.69) is 22.2 Å². The number of imidazole rings is 1. The van der Waals surface area contributed by atoms with Gasteiger partial charge in [-0.05, 0) is 25.8 Å². The maximum absolute atomic E-state index is 12.1. The average molecular weight is 478 g/mol.